The third-order valence-corrected chi connectivity index (χ3v) is 6.66. The lowest BCUT2D eigenvalue weighted by molar-refractivity contribution is 0.112. The second-order valence-electron chi connectivity index (χ2n) is 8.15. The number of pyridine rings is 1. The van der Waals surface area contributed by atoms with Gasteiger partial charge in [0.25, 0.3) is 0 Å². The fraction of sp³-hybridized carbons (Fsp3) is 0.250. The summed E-state index contributed by atoms with van der Waals surface area (Å²) in [5.41, 5.74) is 2.36. The molecule has 3 heterocycles. The summed E-state index contributed by atoms with van der Waals surface area (Å²) >= 11 is 1.48. The van der Waals surface area contributed by atoms with Crippen molar-refractivity contribution in [2.24, 2.45) is 10.9 Å². The molecule has 2 aliphatic rings. The summed E-state index contributed by atoms with van der Waals surface area (Å²) in [6.07, 6.45) is 5.60. The number of aldehydes is 1. The average molecular weight is 465 g/mol. The minimum absolute atomic E-state index is 0.0732. The number of urea groups is 1. The van der Waals surface area contributed by atoms with Crippen LogP contribution in [0.5, 0.6) is 5.75 Å². The number of aromatic nitrogens is 1. The van der Waals surface area contributed by atoms with E-state index < -0.39 is 11.9 Å². The number of ether oxygens (including phenoxy) is 1. The zero-order valence-electron chi connectivity index (χ0n) is 17.7. The Hall–Kier alpha value is -3.59. The Balaban J connectivity index is 1.35. The Kier molecular flexibility index (Phi) is 5.63. The van der Waals surface area contributed by atoms with Crippen LogP contribution in [0.3, 0.4) is 0 Å². The maximum atomic E-state index is 14.8. The number of nitrogens with zero attached hydrogens (tertiary/aromatic N) is 2. The van der Waals surface area contributed by atoms with Crippen LogP contribution in [0.1, 0.15) is 41.1 Å². The van der Waals surface area contributed by atoms with Crippen LogP contribution in [-0.2, 0) is 0 Å². The average Bonchev–Trinajstić information content (AvgIpc) is 3.51. The maximum absolute atomic E-state index is 14.8. The summed E-state index contributed by atoms with van der Waals surface area (Å²) in [5.74, 6) is -0.529. The molecule has 2 amide bonds. The maximum Gasteiger partial charge on any atom is 0.319 e. The molecule has 0 spiro atoms. The van der Waals surface area contributed by atoms with Crippen molar-refractivity contribution in [2.75, 3.05) is 5.32 Å². The molecule has 2 atom stereocenters. The Bertz CT molecular complexity index is 1240. The van der Waals surface area contributed by atoms with Gasteiger partial charge in [-0.1, -0.05) is 6.92 Å². The molecular weight excluding hydrogens is 443 g/mol. The minimum atomic E-state index is -0.557. The van der Waals surface area contributed by atoms with E-state index in [-0.39, 0.29) is 23.7 Å². The second kappa shape index (κ2) is 8.74. The van der Waals surface area contributed by atoms with Crippen molar-refractivity contribution in [3.63, 3.8) is 0 Å². The fourth-order valence-corrected chi connectivity index (χ4v) is 4.74. The standard InChI is InChI=1S/C24H21FN4O3S/c1-13-10-26-19-9-21(18-6-2-14(12-30)11-27-18)33-23(19)22(13)32-20-7-5-16(8-17(20)25)29-24(31)28-15-3-4-15/h2,5-13,15,22H,3-4H2,1H3,(H2,28,29,31). The van der Waals surface area contributed by atoms with Crippen molar-refractivity contribution in [1.29, 1.82) is 0 Å². The third kappa shape index (κ3) is 4.63. The predicted molar refractivity (Wildman–Crippen MR) is 125 cm³/mol. The Morgan fingerprint density at radius 2 is 2.09 bits per heavy atom. The van der Waals surface area contributed by atoms with Crippen LogP contribution in [0.15, 0.2) is 47.6 Å². The van der Waals surface area contributed by atoms with E-state index in [2.05, 4.69) is 20.6 Å². The van der Waals surface area contributed by atoms with Gasteiger partial charge in [-0.05, 0) is 43.2 Å². The van der Waals surface area contributed by atoms with Crippen LogP contribution in [0.25, 0.3) is 10.6 Å². The molecule has 0 bridgehead atoms. The topological polar surface area (TPSA) is 92.7 Å². The third-order valence-electron chi connectivity index (χ3n) is 5.46. The highest BCUT2D eigenvalue weighted by Gasteiger charge is 2.30. The first-order chi connectivity index (χ1) is 16.0. The first-order valence-electron chi connectivity index (χ1n) is 10.6. The molecule has 5 rings (SSSR count). The van der Waals surface area contributed by atoms with Crippen LogP contribution >= 0.6 is 11.3 Å². The molecule has 1 aliphatic heterocycles. The van der Waals surface area contributed by atoms with Crippen LogP contribution in [0.2, 0.25) is 0 Å². The molecule has 168 valence electrons. The van der Waals surface area contributed by atoms with Gasteiger partial charge in [0, 0.05) is 41.7 Å². The summed E-state index contributed by atoms with van der Waals surface area (Å²) in [6, 6.07) is 9.69. The number of nitrogens with one attached hydrogen (secondary N) is 2. The van der Waals surface area contributed by atoms with Gasteiger partial charge in [0.15, 0.2) is 17.9 Å². The number of benzene rings is 1. The number of fused-ring (bicyclic) bond motifs is 1. The van der Waals surface area contributed by atoms with Gasteiger partial charge in [-0.25, -0.2) is 9.18 Å². The fourth-order valence-electron chi connectivity index (χ4n) is 3.51. The van der Waals surface area contributed by atoms with Gasteiger partial charge in [0.05, 0.1) is 21.1 Å². The molecular formula is C24H21FN4O3S. The van der Waals surface area contributed by atoms with Gasteiger partial charge in [0.1, 0.15) is 6.10 Å². The van der Waals surface area contributed by atoms with Crippen molar-refractivity contribution in [2.45, 2.75) is 31.9 Å². The Labute approximate surface area is 193 Å². The lowest BCUT2D eigenvalue weighted by Crippen LogP contribution is -2.30. The summed E-state index contributed by atoms with van der Waals surface area (Å²) in [6.45, 7) is 1.96. The zero-order chi connectivity index (χ0) is 22.9. The molecule has 2 aromatic heterocycles. The van der Waals surface area contributed by atoms with Crippen molar-refractivity contribution >= 4 is 41.2 Å². The zero-order valence-corrected chi connectivity index (χ0v) is 18.6. The first kappa shape index (κ1) is 21.3. The monoisotopic (exact) mass is 464 g/mol. The second-order valence-corrected chi connectivity index (χ2v) is 9.23. The molecule has 2 unspecified atom stereocenters. The number of hydrogen-bond donors (Lipinski definition) is 2. The number of amides is 2. The normalized spacial score (nSPS) is 19.0. The molecule has 1 saturated carbocycles. The SMILES string of the molecule is CC1C=Nc2cc(-c3ccc(C=O)cn3)sc2C1Oc1ccc(NC(=O)NC2CC2)cc1F. The molecule has 2 N–H and O–H groups in total. The van der Waals surface area contributed by atoms with Crippen LogP contribution in [0, 0.1) is 11.7 Å². The summed E-state index contributed by atoms with van der Waals surface area (Å²) in [5, 5.41) is 5.45. The first-order valence-corrected chi connectivity index (χ1v) is 11.4. The number of hydrogen-bond acceptors (Lipinski definition) is 6. The van der Waals surface area contributed by atoms with Crippen molar-refractivity contribution < 1.29 is 18.7 Å². The quantitative estimate of drug-likeness (QED) is 0.470. The molecule has 0 radical (unpaired) electrons. The van der Waals surface area contributed by atoms with Crippen LogP contribution < -0.4 is 15.4 Å². The van der Waals surface area contributed by atoms with Gasteiger partial charge in [-0.2, -0.15) is 0 Å². The summed E-state index contributed by atoms with van der Waals surface area (Å²) in [4.78, 5) is 33.4. The van der Waals surface area contributed by atoms with Gasteiger partial charge in [0.2, 0.25) is 0 Å². The predicted octanol–water partition coefficient (Wildman–Crippen LogP) is 5.52. The van der Waals surface area contributed by atoms with E-state index in [1.54, 1.807) is 24.4 Å². The number of rotatable bonds is 6. The number of carbonyl (C=O) groups excluding carboxylic acids is 2. The van der Waals surface area contributed by atoms with E-state index in [1.165, 1.54) is 29.7 Å². The molecule has 3 aromatic rings. The number of anilines is 1. The number of halogens is 1. The van der Waals surface area contributed by atoms with Gasteiger partial charge in [-0.3, -0.25) is 14.8 Å². The molecule has 9 heteroatoms. The molecule has 1 aliphatic carbocycles. The molecule has 1 fully saturated rings. The van der Waals surface area contributed by atoms with E-state index in [9.17, 15) is 14.0 Å². The Morgan fingerprint density at radius 3 is 2.79 bits per heavy atom. The van der Waals surface area contributed by atoms with E-state index in [1.807, 2.05) is 13.0 Å². The van der Waals surface area contributed by atoms with Crippen molar-refractivity contribution in [1.82, 2.24) is 10.3 Å². The van der Waals surface area contributed by atoms with Crippen LogP contribution in [0.4, 0.5) is 20.6 Å². The van der Waals surface area contributed by atoms with Crippen molar-refractivity contribution in [3.05, 3.63) is 58.9 Å². The largest absolute Gasteiger partial charge is 0.481 e. The number of carbonyl (C=O) groups is 2. The van der Waals surface area contributed by atoms with Crippen molar-refractivity contribution in [3.8, 4) is 16.3 Å². The van der Waals surface area contributed by atoms with Gasteiger partial charge < -0.3 is 15.4 Å². The van der Waals surface area contributed by atoms with E-state index in [4.69, 9.17) is 4.74 Å². The lowest BCUT2D eigenvalue weighted by atomic mass is 10.0. The smallest absolute Gasteiger partial charge is 0.319 e. The van der Waals surface area contributed by atoms with Gasteiger partial charge >= 0.3 is 6.03 Å². The molecule has 7 nitrogen and oxygen atoms in total. The summed E-state index contributed by atoms with van der Waals surface area (Å²) in [7, 11) is 0. The van der Waals surface area contributed by atoms with Crippen LogP contribution in [-0.4, -0.2) is 29.6 Å². The lowest BCUT2D eigenvalue weighted by Gasteiger charge is -2.25. The molecule has 33 heavy (non-hydrogen) atoms. The number of thiophene rings is 1. The minimum Gasteiger partial charge on any atom is -0.481 e. The Morgan fingerprint density at radius 1 is 1.24 bits per heavy atom. The van der Waals surface area contributed by atoms with E-state index in [0.717, 1.165) is 40.3 Å². The summed E-state index contributed by atoms with van der Waals surface area (Å²) < 4.78 is 20.9. The number of aliphatic imine (C=N–C) groups is 1. The highest BCUT2D eigenvalue weighted by Crippen LogP contribution is 2.45. The van der Waals surface area contributed by atoms with E-state index in [0.29, 0.717) is 11.3 Å². The van der Waals surface area contributed by atoms with E-state index >= 15 is 0 Å². The highest BCUT2D eigenvalue weighted by molar-refractivity contribution is 7.16. The molecule has 0 saturated heterocycles. The highest BCUT2D eigenvalue weighted by atomic mass is 32.1. The molecule has 1 aromatic carbocycles. The van der Waals surface area contributed by atoms with Gasteiger partial charge in [-0.15, -0.1) is 11.3 Å².